The van der Waals surface area contributed by atoms with Crippen LogP contribution in [0.4, 0.5) is 0 Å². The molecule has 0 radical (unpaired) electrons. The molecule has 3 nitrogen and oxygen atoms in total. The molecule has 2 saturated carbocycles. The van der Waals surface area contributed by atoms with Crippen LogP contribution < -0.4 is 5.73 Å². The molecule has 1 atom stereocenters. The number of nitrogens with two attached hydrogens (primary N) is 1. The number of rotatable bonds is 5. The van der Waals surface area contributed by atoms with Crippen LogP contribution >= 0.6 is 0 Å². The SMILES string of the molecule is NC(CO)(COC1CCCC1)C1CC1. The predicted octanol–water partition coefficient (Wildman–Crippen LogP) is 1.05. The molecule has 2 aliphatic carbocycles. The quantitative estimate of drug-likeness (QED) is 0.695. The highest BCUT2D eigenvalue weighted by atomic mass is 16.5. The minimum Gasteiger partial charge on any atom is -0.394 e. The van der Waals surface area contributed by atoms with Crippen molar-refractivity contribution in [3.05, 3.63) is 0 Å². The predicted molar refractivity (Wildman–Crippen MR) is 54.9 cm³/mol. The molecule has 0 aliphatic heterocycles. The summed E-state index contributed by atoms with van der Waals surface area (Å²) in [5.41, 5.74) is 5.65. The lowest BCUT2D eigenvalue weighted by Gasteiger charge is -2.28. The van der Waals surface area contributed by atoms with E-state index in [1.165, 1.54) is 25.7 Å². The average molecular weight is 199 g/mol. The van der Waals surface area contributed by atoms with E-state index in [-0.39, 0.29) is 6.61 Å². The second-order valence-electron chi connectivity index (χ2n) is 4.88. The molecule has 3 heteroatoms. The molecule has 2 rings (SSSR count). The lowest BCUT2D eigenvalue weighted by Crippen LogP contribution is -2.50. The third-order valence-corrected chi connectivity index (χ3v) is 3.57. The van der Waals surface area contributed by atoms with Gasteiger partial charge in [-0.2, -0.15) is 0 Å². The van der Waals surface area contributed by atoms with Gasteiger partial charge in [0.25, 0.3) is 0 Å². The number of aliphatic hydroxyl groups is 1. The standard InChI is InChI=1S/C11H21NO2/c12-11(7-13,9-5-6-9)8-14-10-3-1-2-4-10/h9-10,13H,1-8,12H2. The van der Waals surface area contributed by atoms with E-state index in [4.69, 9.17) is 10.5 Å². The maximum absolute atomic E-state index is 9.26. The molecule has 0 aromatic heterocycles. The van der Waals surface area contributed by atoms with Gasteiger partial charge in [0.15, 0.2) is 0 Å². The van der Waals surface area contributed by atoms with E-state index in [0.29, 0.717) is 18.6 Å². The Bertz CT molecular complexity index is 188. The van der Waals surface area contributed by atoms with Crippen LogP contribution in [-0.4, -0.2) is 30.0 Å². The molecule has 2 fully saturated rings. The van der Waals surface area contributed by atoms with Crippen LogP contribution in [-0.2, 0) is 4.74 Å². The molecule has 0 spiro atoms. The molecule has 82 valence electrons. The van der Waals surface area contributed by atoms with Gasteiger partial charge in [0.1, 0.15) is 0 Å². The van der Waals surface area contributed by atoms with E-state index in [1.54, 1.807) is 0 Å². The summed E-state index contributed by atoms with van der Waals surface area (Å²) >= 11 is 0. The topological polar surface area (TPSA) is 55.5 Å². The lowest BCUT2D eigenvalue weighted by molar-refractivity contribution is -0.000524. The van der Waals surface area contributed by atoms with Crippen molar-refractivity contribution in [3.63, 3.8) is 0 Å². The molecular formula is C11H21NO2. The summed E-state index contributed by atoms with van der Waals surface area (Å²) in [6.07, 6.45) is 7.63. The number of hydrogen-bond donors (Lipinski definition) is 2. The normalized spacial score (nSPS) is 27.9. The fourth-order valence-corrected chi connectivity index (χ4v) is 2.28. The van der Waals surface area contributed by atoms with Crippen molar-refractivity contribution in [2.45, 2.75) is 50.2 Å². The number of aliphatic hydroxyl groups excluding tert-OH is 1. The fraction of sp³-hybridized carbons (Fsp3) is 1.00. The minimum absolute atomic E-state index is 0.0599. The zero-order valence-electron chi connectivity index (χ0n) is 8.74. The Hall–Kier alpha value is -0.120. The third kappa shape index (κ3) is 2.27. The minimum atomic E-state index is -0.456. The molecule has 0 aromatic carbocycles. The van der Waals surface area contributed by atoms with Gasteiger partial charge in [-0.25, -0.2) is 0 Å². The van der Waals surface area contributed by atoms with Gasteiger partial charge in [0.05, 0.1) is 24.9 Å². The lowest BCUT2D eigenvalue weighted by atomic mass is 9.97. The van der Waals surface area contributed by atoms with E-state index >= 15 is 0 Å². The molecule has 3 N–H and O–H groups in total. The highest BCUT2D eigenvalue weighted by Crippen LogP contribution is 2.38. The Labute approximate surface area is 85.6 Å². The highest BCUT2D eigenvalue weighted by molar-refractivity contribution is 4.98. The molecule has 2 aliphatic rings. The van der Waals surface area contributed by atoms with Gasteiger partial charge in [-0.3, -0.25) is 0 Å². The van der Waals surface area contributed by atoms with Gasteiger partial charge in [-0.1, -0.05) is 12.8 Å². The van der Waals surface area contributed by atoms with Crippen molar-refractivity contribution < 1.29 is 9.84 Å². The first kappa shape index (κ1) is 10.4. The van der Waals surface area contributed by atoms with Crippen LogP contribution in [0, 0.1) is 5.92 Å². The summed E-state index contributed by atoms with van der Waals surface area (Å²) < 4.78 is 5.78. The second-order valence-corrected chi connectivity index (χ2v) is 4.88. The maximum Gasteiger partial charge on any atom is 0.0675 e. The number of hydrogen-bond acceptors (Lipinski definition) is 3. The van der Waals surface area contributed by atoms with Crippen molar-refractivity contribution in [1.29, 1.82) is 0 Å². The largest absolute Gasteiger partial charge is 0.394 e. The Morgan fingerprint density at radius 1 is 1.21 bits per heavy atom. The first-order valence-corrected chi connectivity index (χ1v) is 5.76. The Balaban J connectivity index is 1.76. The van der Waals surface area contributed by atoms with Crippen molar-refractivity contribution in [1.82, 2.24) is 0 Å². The van der Waals surface area contributed by atoms with Crippen LogP contribution in [0.3, 0.4) is 0 Å². The summed E-state index contributed by atoms with van der Waals surface area (Å²) in [4.78, 5) is 0. The summed E-state index contributed by atoms with van der Waals surface area (Å²) in [7, 11) is 0. The van der Waals surface area contributed by atoms with Gasteiger partial charge < -0.3 is 15.6 Å². The van der Waals surface area contributed by atoms with Crippen LogP contribution in [0.15, 0.2) is 0 Å². The molecular weight excluding hydrogens is 178 g/mol. The Kier molecular flexibility index (Phi) is 3.10. The van der Waals surface area contributed by atoms with Gasteiger partial charge >= 0.3 is 0 Å². The summed E-state index contributed by atoms with van der Waals surface area (Å²) in [6.45, 7) is 0.600. The molecule has 0 saturated heterocycles. The summed E-state index contributed by atoms with van der Waals surface area (Å²) in [6, 6.07) is 0. The van der Waals surface area contributed by atoms with Gasteiger partial charge in [0.2, 0.25) is 0 Å². The smallest absolute Gasteiger partial charge is 0.0675 e. The zero-order chi connectivity index (χ0) is 10.0. The zero-order valence-corrected chi connectivity index (χ0v) is 8.74. The van der Waals surface area contributed by atoms with Crippen LogP contribution in [0.25, 0.3) is 0 Å². The van der Waals surface area contributed by atoms with E-state index in [0.717, 1.165) is 12.8 Å². The van der Waals surface area contributed by atoms with Crippen LogP contribution in [0.2, 0.25) is 0 Å². The Morgan fingerprint density at radius 2 is 1.86 bits per heavy atom. The summed E-state index contributed by atoms with van der Waals surface area (Å²) in [5.74, 6) is 0.494. The maximum atomic E-state index is 9.26. The first-order chi connectivity index (χ1) is 6.74. The number of ether oxygens (including phenoxy) is 1. The van der Waals surface area contributed by atoms with Crippen LogP contribution in [0.1, 0.15) is 38.5 Å². The fourth-order valence-electron chi connectivity index (χ4n) is 2.28. The molecule has 1 unspecified atom stereocenters. The van der Waals surface area contributed by atoms with E-state index in [2.05, 4.69) is 0 Å². The Morgan fingerprint density at radius 3 is 2.36 bits per heavy atom. The van der Waals surface area contributed by atoms with Crippen LogP contribution in [0.5, 0.6) is 0 Å². The van der Waals surface area contributed by atoms with E-state index < -0.39 is 5.54 Å². The molecule has 0 bridgehead atoms. The molecule has 0 aromatic rings. The molecule has 14 heavy (non-hydrogen) atoms. The second kappa shape index (κ2) is 4.17. The van der Waals surface area contributed by atoms with Gasteiger partial charge in [0, 0.05) is 0 Å². The third-order valence-electron chi connectivity index (χ3n) is 3.57. The van der Waals surface area contributed by atoms with Crippen molar-refractivity contribution in [2.24, 2.45) is 11.7 Å². The highest BCUT2D eigenvalue weighted by Gasteiger charge is 2.42. The van der Waals surface area contributed by atoms with Crippen molar-refractivity contribution in [3.8, 4) is 0 Å². The van der Waals surface area contributed by atoms with Gasteiger partial charge in [-0.05, 0) is 31.6 Å². The average Bonchev–Trinajstić information content (AvgIpc) is 2.94. The van der Waals surface area contributed by atoms with Crippen molar-refractivity contribution >= 4 is 0 Å². The summed E-state index contributed by atoms with van der Waals surface area (Å²) in [5, 5.41) is 9.26. The van der Waals surface area contributed by atoms with Gasteiger partial charge in [-0.15, -0.1) is 0 Å². The van der Waals surface area contributed by atoms with Crippen molar-refractivity contribution in [2.75, 3.05) is 13.2 Å². The first-order valence-electron chi connectivity index (χ1n) is 5.76. The molecule has 0 heterocycles. The molecule has 0 amide bonds. The van der Waals surface area contributed by atoms with E-state index in [1.807, 2.05) is 0 Å². The van der Waals surface area contributed by atoms with E-state index in [9.17, 15) is 5.11 Å². The monoisotopic (exact) mass is 199 g/mol.